The molecule has 2 aromatic carbocycles. The van der Waals surface area contributed by atoms with Gasteiger partial charge >= 0.3 is 0 Å². The maximum Gasteiger partial charge on any atom is 0.262 e. The third-order valence-corrected chi connectivity index (χ3v) is 8.60. The van der Waals surface area contributed by atoms with Crippen LogP contribution in [0.5, 0.6) is 0 Å². The summed E-state index contributed by atoms with van der Waals surface area (Å²) in [4.78, 5) is 24.5. The Kier molecular flexibility index (Phi) is 5.92. The molecule has 0 bridgehead atoms. The lowest BCUT2D eigenvalue weighted by molar-refractivity contribution is -0.0603. The molecule has 4 heterocycles. The lowest BCUT2D eigenvalue weighted by atomic mass is 9.79. The summed E-state index contributed by atoms with van der Waals surface area (Å²) in [7, 11) is 0. The second kappa shape index (κ2) is 9.52. The fraction of sp³-hybridized carbons (Fsp3) is 0.323. The summed E-state index contributed by atoms with van der Waals surface area (Å²) in [5, 5.41) is 2.27. The fourth-order valence-electron chi connectivity index (χ4n) is 6.31. The molecule has 2 N–H and O–H groups in total. The Morgan fingerprint density at radius 2 is 1.77 bits per heavy atom. The van der Waals surface area contributed by atoms with Crippen molar-refractivity contribution < 1.29 is 8.78 Å². The first-order valence-corrected chi connectivity index (χ1v) is 13.8. The molecule has 7 rings (SSSR count). The minimum Gasteiger partial charge on any atom is -0.383 e. The molecule has 0 atom stereocenters. The van der Waals surface area contributed by atoms with E-state index in [2.05, 4.69) is 25.6 Å². The van der Waals surface area contributed by atoms with E-state index in [1.165, 1.54) is 6.33 Å². The van der Waals surface area contributed by atoms with Gasteiger partial charge in [-0.1, -0.05) is 30.3 Å². The average Bonchev–Trinajstić information content (AvgIpc) is 3.32. The minimum atomic E-state index is -2.52. The van der Waals surface area contributed by atoms with Crippen molar-refractivity contribution in [2.75, 3.05) is 25.4 Å². The van der Waals surface area contributed by atoms with E-state index in [0.29, 0.717) is 30.2 Å². The molecule has 1 saturated heterocycles. The molecular weight excluding hydrogens is 510 g/mol. The predicted octanol–water partition coefficient (Wildman–Crippen LogP) is 5.67. The maximum absolute atomic E-state index is 13.6. The van der Waals surface area contributed by atoms with E-state index in [4.69, 9.17) is 5.73 Å². The zero-order valence-corrected chi connectivity index (χ0v) is 22.0. The minimum absolute atomic E-state index is 0.0485. The number of nitrogen functional groups attached to an aromatic ring is 1. The molecule has 0 spiro atoms. The number of hydrogen-bond donors (Lipinski definition) is 1. The molecule has 7 nitrogen and oxygen atoms in total. The number of piperidine rings is 1. The van der Waals surface area contributed by atoms with Crippen molar-refractivity contribution in [3.63, 3.8) is 0 Å². The summed E-state index contributed by atoms with van der Waals surface area (Å²) in [6.07, 6.45) is 7.19. The van der Waals surface area contributed by atoms with Crippen molar-refractivity contribution in [3.8, 4) is 16.8 Å². The molecule has 1 aliphatic heterocycles. The molecule has 3 aromatic heterocycles. The van der Waals surface area contributed by atoms with Crippen LogP contribution in [-0.4, -0.2) is 49.6 Å². The Labute approximate surface area is 229 Å². The smallest absolute Gasteiger partial charge is 0.262 e. The highest BCUT2D eigenvalue weighted by molar-refractivity contribution is 6.02. The Morgan fingerprint density at radius 3 is 2.55 bits per heavy atom. The van der Waals surface area contributed by atoms with Gasteiger partial charge in [0.25, 0.3) is 11.5 Å². The van der Waals surface area contributed by atoms with E-state index >= 15 is 0 Å². The predicted molar refractivity (Wildman–Crippen MR) is 153 cm³/mol. The van der Waals surface area contributed by atoms with Crippen LogP contribution in [0, 0.1) is 5.92 Å². The number of hydrogen-bond acceptors (Lipinski definition) is 5. The highest BCUT2D eigenvalue weighted by Crippen LogP contribution is 2.43. The zero-order chi connectivity index (χ0) is 27.4. The number of para-hydroxylation sites is 1. The molecule has 5 aromatic rings. The second-order valence-corrected chi connectivity index (χ2v) is 11.2. The topological polar surface area (TPSA) is 82.0 Å². The summed E-state index contributed by atoms with van der Waals surface area (Å²) in [6.45, 7) is 1.78. The largest absolute Gasteiger partial charge is 0.383 e. The first kappa shape index (κ1) is 24.9. The highest BCUT2D eigenvalue weighted by Gasteiger charge is 2.38. The van der Waals surface area contributed by atoms with Crippen molar-refractivity contribution in [1.82, 2.24) is 24.0 Å². The zero-order valence-electron chi connectivity index (χ0n) is 22.0. The molecule has 2 aliphatic rings. The van der Waals surface area contributed by atoms with Crippen LogP contribution in [0.4, 0.5) is 14.6 Å². The molecule has 1 aliphatic carbocycles. The molecular formula is C31H30F2N6O. The van der Waals surface area contributed by atoms with Crippen LogP contribution in [-0.2, 0) is 0 Å². The summed E-state index contributed by atoms with van der Waals surface area (Å²) < 4.78 is 30.9. The van der Waals surface area contributed by atoms with Gasteiger partial charge in [-0.3, -0.25) is 9.36 Å². The normalized spacial score (nSPS) is 21.1. The number of likely N-dealkylation sites (tertiary alicyclic amines) is 1. The summed E-state index contributed by atoms with van der Waals surface area (Å²) in [5.41, 5.74) is 9.66. The molecule has 40 heavy (non-hydrogen) atoms. The quantitative estimate of drug-likeness (QED) is 0.311. The van der Waals surface area contributed by atoms with Crippen LogP contribution in [0.1, 0.15) is 31.7 Å². The Balaban J connectivity index is 1.21. The molecule has 0 radical (unpaired) electrons. The second-order valence-electron chi connectivity index (χ2n) is 11.2. The first-order valence-electron chi connectivity index (χ1n) is 13.8. The maximum atomic E-state index is 13.6. The van der Waals surface area contributed by atoms with Gasteiger partial charge in [0.15, 0.2) is 0 Å². The first-order chi connectivity index (χ1) is 19.4. The van der Waals surface area contributed by atoms with E-state index in [9.17, 15) is 13.6 Å². The SMILES string of the molecule is Nc1ncnc2c1c(-c1ccc3ccn(-c4ccccc4)c(=O)c3c1)cn2C1CC(CN2CCC(F)(F)CC2)C1. The van der Waals surface area contributed by atoms with E-state index in [0.717, 1.165) is 52.6 Å². The van der Waals surface area contributed by atoms with Crippen LogP contribution >= 0.6 is 0 Å². The number of nitrogens with two attached hydrogens (primary N) is 1. The van der Waals surface area contributed by atoms with Gasteiger partial charge in [-0.2, -0.15) is 0 Å². The van der Waals surface area contributed by atoms with Gasteiger partial charge in [0.2, 0.25) is 0 Å². The van der Waals surface area contributed by atoms with Crippen LogP contribution in [0.15, 0.2) is 78.1 Å². The Morgan fingerprint density at radius 1 is 1.00 bits per heavy atom. The van der Waals surface area contributed by atoms with Crippen molar-refractivity contribution in [1.29, 1.82) is 0 Å². The van der Waals surface area contributed by atoms with Crippen LogP contribution in [0.2, 0.25) is 0 Å². The lowest BCUT2D eigenvalue weighted by Gasteiger charge is -2.41. The third kappa shape index (κ3) is 4.34. The number of pyridine rings is 1. The van der Waals surface area contributed by atoms with E-state index in [1.807, 2.05) is 54.6 Å². The number of fused-ring (bicyclic) bond motifs is 2. The van der Waals surface area contributed by atoms with Gasteiger partial charge in [0.05, 0.1) is 5.39 Å². The monoisotopic (exact) mass is 540 g/mol. The number of aromatic nitrogens is 4. The summed E-state index contributed by atoms with van der Waals surface area (Å²) in [5.74, 6) is -1.65. The van der Waals surface area contributed by atoms with Crippen LogP contribution < -0.4 is 11.3 Å². The number of rotatable bonds is 5. The summed E-state index contributed by atoms with van der Waals surface area (Å²) in [6, 6.07) is 17.7. The van der Waals surface area contributed by atoms with Crippen molar-refractivity contribution in [2.45, 2.75) is 37.6 Å². The van der Waals surface area contributed by atoms with Gasteiger partial charge in [-0.25, -0.2) is 18.7 Å². The number of alkyl halides is 2. The highest BCUT2D eigenvalue weighted by atomic mass is 19.3. The van der Waals surface area contributed by atoms with Crippen molar-refractivity contribution >= 4 is 27.6 Å². The van der Waals surface area contributed by atoms with Crippen LogP contribution in [0.3, 0.4) is 0 Å². The molecule has 9 heteroatoms. The van der Waals surface area contributed by atoms with Crippen molar-refractivity contribution in [3.05, 3.63) is 83.7 Å². The number of anilines is 1. The third-order valence-electron chi connectivity index (χ3n) is 8.60. The number of benzene rings is 2. The van der Waals surface area contributed by atoms with E-state index in [-0.39, 0.29) is 24.4 Å². The van der Waals surface area contributed by atoms with Gasteiger partial charge in [0.1, 0.15) is 17.8 Å². The van der Waals surface area contributed by atoms with Gasteiger partial charge in [-0.05, 0) is 54.0 Å². The fourth-order valence-corrected chi connectivity index (χ4v) is 6.31. The number of nitrogens with zero attached hydrogens (tertiary/aromatic N) is 5. The van der Waals surface area contributed by atoms with Gasteiger partial charge in [-0.15, -0.1) is 0 Å². The number of halogens is 2. The molecule has 204 valence electrons. The van der Waals surface area contributed by atoms with Crippen LogP contribution in [0.25, 0.3) is 38.6 Å². The molecule has 2 fully saturated rings. The molecule has 0 unspecified atom stereocenters. The van der Waals surface area contributed by atoms with Crippen molar-refractivity contribution in [2.24, 2.45) is 5.92 Å². The molecule has 0 amide bonds. The summed E-state index contributed by atoms with van der Waals surface area (Å²) >= 11 is 0. The lowest BCUT2D eigenvalue weighted by Crippen LogP contribution is -2.44. The Hall–Kier alpha value is -4.11. The van der Waals surface area contributed by atoms with Gasteiger partial charge < -0.3 is 15.2 Å². The van der Waals surface area contributed by atoms with E-state index in [1.54, 1.807) is 10.8 Å². The van der Waals surface area contributed by atoms with Gasteiger partial charge in [0, 0.05) is 67.5 Å². The molecule has 1 saturated carbocycles. The average molecular weight is 541 g/mol. The van der Waals surface area contributed by atoms with E-state index < -0.39 is 5.92 Å². The Bertz CT molecular complexity index is 1760. The standard InChI is InChI=1S/C31H30F2N6O/c32-31(33)9-12-37(13-10-31)17-20-14-24(15-20)39-18-26(27-28(34)35-19-36-29(27)39)22-7-6-21-8-11-38(30(40)25(21)16-22)23-4-2-1-3-5-23/h1-8,11,16,18-20,24H,9-10,12-15,17H2,(H2,34,35,36).